The average Bonchev–Trinajstić information content (AvgIpc) is 3.18. The lowest BCUT2D eigenvalue weighted by Gasteiger charge is -2.18. The first kappa shape index (κ1) is 24.9. The predicted molar refractivity (Wildman–Crippen MR) is 143 cm³/mol. The topological polar surface area (TPSA) is 73.2 Å². The molecule has 0 spiro atoms. The van der Waals surface area contributed by atoms with Gasteiger partial charge in [0.1, 0.15) is 16.7 Å². The van der Waals surface area contributed by atoms with Crippen molar-refractivity contribution in [2.24, 2.45) is 0 Å². The van der Waals surface area contributed by atoms with Gasteiger partial charge in [-0.2, -0.15) is 5.26 Å². The maximum Gasteiger partial charge on any atom is 0.269 e. The van der Waals surface area contributed by atoms with Crippen LogP contribution in [0.25, 0.3) is 0 Å². The minimum absolute atomic E-state index is 0.133. The number of amides is 2. The Morgan fingerprint density at radius 2 is 1.80 bits per heavy atom. The van der Waals surface area contributed by atoms with Gasteiger partial charge in [-0.25, -0.2) is 0 Å². The molecule has 0 aliphatic carbocycles. The highest BCUT2D eigenvalue weighted by atomic mass is 35.5. The molecule has 1 atom stereocenters. The third-order valence-electron chi connectivity index (χ3n) is 5.55. The quantitative estimate of drug-likeness (QED) is 0.292. The van der Waals surface area contributed by atoms with E-state index in [0.717, 1.165) is 17.5 Å². The Labute approximate surface area is 218 Å². The van der Waals surface area contributed by atoms with Crippen molar-refractivity contribution >= 4 is 58.2 Å². The van der Waals surface area contributed by atoms with E-state index in [-0.39, 0.29) is 16.5 Å². The molecular formula is C27H21Cl2N3O2S. The zero-order valence-electron chi connectivity index (χ0n) is 18.8. The Kier molecular flexibility index (Phi) is 7.82. The largest absolute Gasteiger partial charge is 0.321 e. The minimum atomic E-state index is -0.582. The Bertz CT molecular complexity index is 1330. The van der Waals surface area contributed by atoms with Crippen LogP contribution in [0.2, 0.25) is 10.0 Å². The average molecular weight is 522 g/mol. The van der Waals surface area contributed by atoms with Crippen molar-refractivity contribution in [3.8, 4) is 6.07 Å². The Hall–Kier alpha value is -3.24. The van der Waals surface area contributed by atoms with Gasteiger partial charge in [0.15, 0.2) is 0 Å². The molecule has 4 rings (SSSR count). The van der Waals surface area contributed by atoms with Gasteiger partial charge in [0.05, 0.1) is 5.25 Å². The number of halogens is 2. The first-order valence-corrected chi connectivity index (χ1v) is 12.6. The van der Waals surface area contributed by atoms with E-state index in [1.165, 1.54) is 16.7 Å². The second-order valence-corrected chi connectivity index (χ2v) is 9.89. The molecule has 176 valence electrons. The zero-order chi connectivity index (χ0) is 24.9. The Morgan fingerprint density at radius 1 is 1.09 bits per heavy atom. The molecule has 0 saturated carbocycles. The van der Waals surface area contributed by atoms with Gasteiger partial charge in [-0.05, 0) is 66.4 Å². The molecule has 3 aromatic carbocycles. The summed E-state index contributed by atoms with van der Waals surface area (Å²) in [5, 5.41) is 13.5. The Morgan fingerprint density at radius 3 is 2.46 bits per heavy atom. The molecule has 2 amide bonds. The monoisotopic (exact) mass is 521 g/mol. The molecule has 1 heterocycles. The molecular weight excluding hydrogens is 501 g/mol. The smallest absolute Gasteiger partial charge is 0.269 e. The number of nitrogens with one attached hydrogen (secondary N) is 1. The summed E-state index contributed by atoms with van der Waals surface area (Å²) < 4.78 is 0. The second-order valence-electron chi connectivity index (χ2n) is 7.85. The van der Waals surface area contributed by atoms with Crippen LogP contribution in [-0.2, 0) is 22.4 Å². The molecule has 0 aromatic heterocycles. The summed E-state index contributed by atoms with van der Waals surface area (Å²) >= 11 is 13.7. The van der Waals surface area contributed by atoms with Gasteiger partial charge in [0.2, 0.25) is 5.91 Å². The summed E-state index contributed by atoms with van der Waals surface area (Å²) in [7, 11) is 0. The number of anilines is 2. The summed E-state index contributed by atoms with van der Waals surface area (Å²) in [5.41, 5.74) is 2.87. The van der Waals surface area contributed by atoms with Crippen LogP contribution in [0.3, 0.4) is 0 Å². The van der Waals surface area contributed by atoms with Gasteiger partial charge >= 0.3 is 0 Å². The van der Waals surface area contributed by atoms with Crippen molar-refractivity contribution in [2.75, 3.05) is 10.2 Å². The van der Waals surface area contributed by atoms with Gasteiger partial charge in [0, 0.05) is 21.4 Å². The van der Waals surface area contributed by atoms with Crippen molar-refractivity contribution < 1.29 is 9.59 Å². The number of para-hydroxylation sites is 1. The fourth-order valence-electron chi connectivity index (χ4n) is 3.72. The van der Waals surface area contributed by atoms with E-state index in [2.05, 4.69) is 5.32 Å². The lowest BCUT2D eigenvalue weighted by atomic mass is 10.1. The van der Waals surface area contributed by atoms with Crippen molar-refractivity contribution in [1.29, 1.82) is 5.26 Å². The van der Waals surface area contributed by atoms with Crippen LogP contribution >= 0.6 is 35.0 Å². The standard InChI is InChI=1S/C27H21Cl2N3O2S/c1-2-17-8-11-20(12-9-17)31-25(33)22(16-30)27-32(21-6-4-3-5-7-21)26(34)24(35-27)15-18-14-19(28)10-13-23(18)29/h3-14,24H,2,15H2,1H3,(H,31,33)/b27-22+. The Balaban J connectivity index is 1.70. The van der Waals surface area contributed by atoms with E-state index in [0.29, 0.717) is 27.8 Å². The zero-order valence-corrected chi connectivity index (χ0v) is 21.1. The summed E-state index contributed by atoms with van der Waals surface area (Å²) in [6, 6.07) is 23.5. The van der Waals surface area contributed by atoms with Gasteiger partial charge in [-0.3, -0.25) is 14.5 Å². The minimum Gasteiger partial charge on any atom is -0.321 e. The lowest BCUT2D eigenvalue weighted by Crippen LogP contribution is -2.30. The van der Waals surface area contributed by atoms with Crippen molar-refractivity contribution in [3.05, 3.63) is 105 Å². The maximum atomic E-state index is 13.5. The highest BCUT2D eigenvalue weighted by Crippen LogP contribution is 2.42. The number of carbonyl (C=O) groups excluding carboxylic acids is 2. The van der Waals surface area contributed by atoms with Crippen molar-refractivity contribution in [3.63, 3.8) is 0 Å². The lowest BCUT2D eigenvalue weighted by molar-refractivity contribution is -0.117. The summed E-state index contributed by atoms with van der Waals surface area (Å²) in [4.78, 5) is 28.1. The van der Waals surface area contributed by atoms with Gasteiger partial charge in [-0.15, -0.1) is 0 Å². The fraction of sp³-hybridized carbons (Fsp3) is 0.148. The van der Waals surface area contributed by atoms with E-state index in [1.807, 2.05) is 31.2 Å². The van der Waals surface area contributed by atoms with Crippen LogP contribution in [0, 0.1) is 11.3 Å². The molecule has 1 saturated heterocycles. The third-order valence-corrected chi connectivity index (χ3v) is 7.42. The highest BCUT2D eigenvalue weighted by Gasteiger charge is 2.41. The summed E-state index contributed by atoms with van der Waals surface area (Å²) in [6.45, 7) is 2.05. The number of aryl methyl sites for hydroxylation is 1. The number of hydrogen-bond donors (Lipinski definition) is 1. The number of benzene rings is 3. The predicted octanol–water partition coefficient (Wildman–Crippen LogP) is 6.62. The van der Waals surface area contributed by atoms with Crippen LogP contribution < -0.4 is 10.2 Å². The van der Waals surface area contributed by atoms with Crippen LogP contribution in [0.1, 0.15) is 18.1 Å². The number of nitriles is 1. The number of carbonyl (C=O) groups is 2. The number of rotatable bonds is 6. The molecule has 1 fully saturated rings. The van der Waals surface area contributed by atoms with E-state index in [4.69, 9.17) is 23.2 Å². The fourth-order valence-corrected chi connectivity index (χ4v) is 5.40. The molecule has 0 radical (unpaired) electrons. The van der Waals surface area contributed by atoms with Gasteiger partial charge in [0.25, 0.3) is 5.91 Å². The molecule has 0 bridgehead atoms. The van der Waals surface area contributed by atoms with E-state index in [9.17, 15) is 14.9 Å². The first-order chi connectivity index (χ1) is 16.9. The molecule has 5 nitrogen and oxygen atoms in total. The molecule has 8 heteroatoms. The molecule has 3 aromatic rings. The van der Waals surface area contributed by atoms with Crippen LogP contribution in [0.4, 0.5) is 11.4 Å². The van der Waals surface area contributed by atoms with Crippen LogP contribution in [0.5, 0.6) is 0 Å². The molecule has 1 unspecified atom stereocenters. The number of hydrogen-bond acceptors (Lipinski definition) is 4. The van der Waals surface area contributed by atoms with Crippen molar-refractivity contribution in [2.45, 2.75) is 25.0 Å². The SMILES string of the molecule is CCc1ccc(NC(=O)/C(C#N)=C2/SC(Cc3cc(Cl)ccc3Cl)C(=O)N2c2ccccc2)cc1. The molecule has 1 N–H and O–H groups in total. The van der Waals surface area contributed by atoms with E-state index < -0.39 is 11.2 Å². The maximum absolute atomic E-state index is 13.5. The van der Waals surface area contributed by atoms with Crippen LogP contribution in [0.15, 0.2) is 83.4 Å². The van der Waals surface area contributed by atoms with Crippen LogP contribution in [-0.4, -0.2) is 17.1 Å². The normalized spacial score (nSPS) is 16.7. The molecule has 1 aliphatic heterocycles. The second kappa shape index (κ2) is 11.0. The number of nitrogens with zero attached hydrogens (tertiary/aromatic N) is 2. The van der Waals surface area contributed by atoms with E-state index >= 15 is 0 Å². The van der Waals surface area contributed by atoms with Crippen molar-refractivity contribution in [1.82, 2.24) is 0 Å². The summed E-state index contributed by atoms with van der Waals surface area (Å²) in [5.74, 6) is -0.811. The van der Waals surface area contributed by atoms with E-state index in [1.54, 1.807) is 54.6 Å². The van der Waals surface area contributed by atoms with Gasteiger partial charge < -0.3 is 5.32 Å². The van der Waals surface area contributed by atoms with Gasteiger partial charge in [-0.1, -0.05) is 72.2 Å². The molecule has 1 aliphatic rings. The molecule has 35 heavy (non-hydrogen) atoms. The highest BCUT2D eigenvalue weighted by molar-refractivity contribution is 8.05. The number of thioether (sulfide) groups is 1. The summed E-state index contributed by atoms with van der Waals surface area (Å²) in [6.07, 6.45) is 1.18. The first-order valence-electron chi connectivity index (χ1n) is 11.0. The third kappa shape index (κ3) is 5.54.